The monoisotopic (exact) mass is 511 g/mol. The first-order valence-electron chi connectivity index (χ1n) is 10.8. The van der Waals surface area contributed by atoms with Gasteiger partial charge < -0.3 is 20.3 Å². The van der Waals surface area contributed by atoms with Gasteiger partial charge >= 0.3 is 12.1 Å². The van der Waals surface area contributed by atoms with E-state index in [1.807, 2.05) is 12.1 Å². The van der Waals surface area contributed by atoms with Crippen molar-refractivity contribution >= 4 is 35.5 Å². The van der Waals surface area contributed by atoms with Gasteiger partial charge in [0.2, 0.25) is 0 Å². The van der Waals surface area contributed by atoms with Gasteiger partial charge in [-0.1, -0.05) is 12.1 Å². The van der Waals surface area contributed by atoms with Crippen LogP contribution in [0.1, 0.15) is 47.5 Å². The zero-order valence-electron chi connectivity index (χ0n) is 18.8. The Morgan fingerprint density at radius 2 is 1.86 bits per heavy atom. The average Bonchev–Trinajstić information content (AvgIpc) is 2.84. The van der Waals surface area contributed by atoms with Crippen LogP contribution in [0.4, 0.5) is 28.9 Å². The number of carbonyl (C=O) groups is 1. The molecule has 0 spiro atoms. The average molecular weight is 512 g/mol. The number of nitrogens with zero attached hydrogens (tertiary/aromatic N) is 1. The van der Waals surface area contributed by atoms with Crippen molar-refractivity contribution < 1.29 is 32.2 Å². The second-order valence-electron chi connectivity index (χ2n) is 8.05. The summed E-state index contributed by atoms with van der Waals surface area (Å²) in [5.74, 6) is -3.28. The van der Waals surface area contributed by atoms with Crippen LogP contribution in [0.5, 0.6) is 5.75 Å². The molecule has 0 aromatic heterocycles. The zero-order chi connectivity index (χ0) is 25.6. The van der Waals surface area contributed by atoms with E-state index in [4.69, 9.17) is 15.6 Å². The van der Waals surface area contributed by atoms with Gasteiger partial charge in [0.05, 0.1) is 34.9 Å². The molecule has 1 saturated carbocycles. The van der Waals surface area contributed by atoms with Crippen molar-refractivity contribution in [2.75, 3.05) is 11.8 Å². The summed E-state index contributed by atoms with van der Waals surface area (Å²) in [6.07, 6.45) is -0.0166. The molecular weight excluding hydrogens is 486 g/mol. The van der Waals surface area contributed by atoms with Gasteiger partial charge in [0.1, 0.15) is 11.6 Å². The lowest BCUT2D eigenvalue weighted by Crippen LogP contribution is -2.27. The summed E-state index contributed by atoms with van der Waals surface area (Å²) in [7, 11) is 1.33. The van der Waals surface area contributed by atoms with Crippen LogP contribution in [0.2, 0.25) is 0 Å². The number of aromatic carboxylic acids is 1. The van der Waals surface area contributed by atoms with Crippen molar-refractivity contribution in [2.45, 2.75) is 37.8 Å². The molecule has 0 radical (unpaired) electrons. The Labute approximate surface area is 204 Å². The first kappa shape index (κ1) is 26.4. The molecule has 4 N–H and O–H groups in total. The van der Waals surface area contributed by atoms with Crippen molar-refractivity contribution in [1.82, 2.24) is 0 Å². The van der Waals surface area contributed by atoms with Gasteiger partial charge in [-0.3, -0.25) is 4.99 Å². The second kappa shape index (κ2) is 11.5. The number of alkyl halides is 3. The molecule has 1 aliphatic rings. The number of carboxylic acid groups (broad SMARTS) is 1. The Morgan fingerprint density at radius 3 is 2.40 bits per heavy atom. The van der Waals surface area contributed by atoms with E-state index in [2.05, 4.69) is 9.71 Å². The van der Waals surface area contributed by atoms with E-state index in [1.54, 1.807) is 12.1 Å². The number of carboxylic acids is 1. The Hall–Kier alpha value is -3.21. The summed E-state index contributed by atoms with van der Waals surface area (Å²) in [5, 5.41) is 9.04. The van der Waals surface area contributed by atoms with Gasteiger partial charge in [0.15, 0.2) is 0 Å². The molecule has 3 rings (SSSR count). The van der Waals surface area contributed by atoms with Gasteiger partial charge in [0.25, 0.3) is 0 Å². The number of rotatable bonds is 8. The highest BCUT2D eigenvalue weighted by atomic mass is 32.2. The number of halogens is 4. The van der Waals surface area contributed by atoms with Gasteiger partial charge in [-0.15, -0.1) is 0 Å². The molecule has 0 saturated heterocycles. The van der Waals surface area contributed by atoms with Crippen LogP contribution in [-0.4, -0.2) is 30.6 Å². The number of allylic oxidation sites excluding steroid dienone is 1. The number of benzene rings is 2. The van der Waals surface area contributed by atoms with Crippen LogP contribution in [0, 0.1) is 11.7 Å². The number of anilines is 1. The highest BCUT2D eigenvalue weighted by molar-refractivity contribution is 8.05. The largest absolute Gasteiger partial charge is 0.495 e. The molecule has 2 aromatic rings. The van der Waals surface area contributed by atoms with Gasteiger partial charge in [-0.2, -0.15) is 13.2 Å². The van der Waals surface area contributed by atoms with Gasteiger partial charge in [0, 0.05) is 18.5 Å². The Morgan fingerprint density at radius 1 is 1.20 bits per heavy atom. The molecule has 0 atom stereocenters. The fourth-order valence-corrected chi connectivity index (χ4v) is 4.47. The number of hydrogen-bond acceptors (Lipinski definition) is 6. The Bertz CT molecular complexity index is 1100. The Kier molecular flexibility index (Phi) is 8.66. The maximum atomic E-state index is 14.0. The molecule has 0 heterocycles. The van der Waals surface area contributed by atoms with E-state index in [0.717, 1.165) is 29.6 Å². The van der Waals surface area contributed by atoms with Crippen LogP contribution in [0.3, 0.4) is 0 Å². The first-order chi connectivity index (χ1) is 16.6. The van der Waals surface area contributed by atoms with E-state index in [0.29, 0.717) is 23.4 Å². The minimum Gasteiger partial charge on any atom is -0.495 e. The van der Waals surface area contributed by atoms with Crippen molar-refractivity contribution in [3.63, 3.8) is 0 Å². The minimum atomic E-state index is -4.12. The highest BCUT2D eigenvalue weighted by Crippen LogP contribution is 2.43. The summed E-state index contributed by atoms with van der Waals surface area (Å²) in [5.41, 5.74) is 6.99. The van der Waals surface area contributed by atoms with E-state index >= 15 is 0 Å². The first-order valence-corrected chi connectivity index (χ1v) is 11.6. The second-order valence-corrected chi connectivity index (χ2v) is 8.93. The van der Waals surface area contributed by atoms with Crippen molar-refractivity contribution in [1.29, 1.82) is 0 Å². The predicted octanol–water partition coefficient (Wildman–Crippen LogP) is 6.63. The normalized spacial score (nSPS) is 19.1. The van der Waals surface area contributed by atoms with Gasteiger partial charge in [-0.25, -0.2) is 9.18 Å². The fraction of sp³-hybridized carbons (Fsp3) is 0.333. The summed E-state index contributed by atoms with van der Waals surface area (Å²) in [4.78, 5) is 15.9. The maximum Gasteiger partial charge on any atom is 0.391 e. The topological polar surface area (TPSA) is 96.9 Å². The SMILES string of the molecule is COc1cc(C(=O)O)c(F)cc1NS/C(C=Nc1ccc(C2CCC(C(F)(F)F)CC2)cc1)=C/N. The molecule has 2 aromatic carbocycles. The smallest absolute Gasteiger partial charge is 0.391 e. The van der Waals surface area contributed by atoms with Crippen LogP contribution in [-0.2, 0) is 0 Å². The third-order valence-electron chi connectivity index (χ3n) is 5.86. The molecule has 1 aliphatic carbocycles. The van der Waals surface area contributed by atoms with E-state index in [9.17, 15) is 22.4 Å². The van der Waals surface area contributed by atoms with E-state index < -0.39 is 29.4 Å². The molecule has 0 aliphatic heterocycles. The summed E-state index contributed by atoms with van der Waals surface area (Å²) < 4.78 is 60.6. The molecule has 188 valence electrons. The number of ether oxygens (including phenoxy) is 1. The third kappa shape index (κ3) is 6.91. The lowest BCUT2D eigenvalue weighted by atomic mass is 9.78. The molecule has 6 nitrogen and oxygen atoms in total. The number of nitrogens with one attached hydrogen (secondary N) is 1. The predicted molar refractivity (Wildman–Crippen MR) is 129 cm³/mol. The number of hydrogen-bond donors (Lipinski definition) is 3. The Balaban J connectivity index is 1.59. The molecular formula is C24H25F4N3O3S. The zero-order valence-corrected chi connectivity index (χ0v) is 19.6. The van der Waals surface area contributed by atoms with E-state index in [1.165, 1.54) is 19.5 Å². The molecule has 1 fully saturated rings. The van der Waals surface area contributed by atoms with Gasteiger partial charge in [-0.05, 0) is 67.3 Å². The highest BCUT2D eigenvalue weighted by Gasteiger charge is 2.41. The molecule has 0 bridgehead atoms. The standard InChI is InChI=1S/C24H25F4N3O3S/c1-34-22-10-19(23(32)33)20(25)11-21(22)31-35-18(12-29)13-30-17-8-4-15(5-9-17)14-2-6-16(7-3-14)24(26,27)28/h4-5,8-14,16,31H,2-3,6-7,29H2,1H3,(H,32,33)/b18-12+,30-13?. The number of aliphatic imine (C=N–C) groups is 1. The maximum absolute atomic E-state index is 14.0. The molecule has 0 amide bonds. The lowest BCUT2D eigenvalue weighted by molar-refractivity contribution is -0.182. The van der Waals surface area contributed by atoms with Crippen LogP contribution in [0.25, 0.3) is 0 Å². The number of nitrogens with two attached hydrogens (primary N) is 1. The minimum absolute atomic E-state index is 0.105. The van der Waals surface area contributed by atoms with Crippen LogP contribution in [0.15, 0.2) is 52.5 Å². The number of methoxy groups -OCH3 is 1. The lowest BCUT2D eigenvalue weighted by Gasteiger charge is -2.30. The summed E-state index contributed by atoms with van der Waals surface area (Å²) in [6, 6.07) is 9.42. The fourth-order valence-electron chi connectivity index (χ4n) is 3.91. The van der Waals surface area contributed by atoms with Crippen molar-refractivity contribution in [2.24, 2.45) is 16.6 Å². The molecule has 11 heteroatoms. The van der Waals surface area contributed by atoms with Crippen molar-refractivity contribution in [3.8, 4) is 5.75 Å². The third-order valence-corrected chi connectivity index (χ3v) is 6.66. The van der Waals surface area contributed by atoms with Crippen LogP contribution < -0.4 is 15.2 Å². The summed E-state index contributed by atoms with van der Waals surface area (Å²) in [6.45, 7) is 0. The van der Waals surface area contributed by atoms with Crippen molar-refractivity contribution in [3.05, 3.63) is 64.4 Å². The van der Waals surface area contributed by atoms with Crippen LogP contribution >= 0.6 is 11.9 Å². The summed E-state index contributed by atoms with van der Waals surface area (Å²) >= 11 is 1.03. The molecule has 0 unspecified atom stereocenters. The van der Waals surface area contributed by atoms with E-state index in [-0.39, 0.29) is 30.2 Å². The quantitative estimate of drug-likeness (QED) is 0.209. The molecule has 35 heavy (non-hydrogen) atoms.